The highest BCUT2D eigenvalue weighted by Gasteiger charge is 2.09. The molecule has 0 aliphatic carbocycles. The molecule has 0 atom stereocenters. The fourth-order valence-electron chi connectivity index (χ4n) is 1.68. The minimum Gasteiger partial charge on any atom is -0.325 e. The first kappa shape index (κ1) is 17.1. The van der Waals surface area contributed by atoms with Crippen LogP contribution in [0.5, 0.6) is 0 Å². The molecule has 2 rings (SSSR count). The molecule has 0 fully saturated rings. The number of benzene rings is 2. The number of carbonyl (C=O) groups excluding carboxylic acids is 1. The molecule has 0 spiro atoms. The van der Waals surface area contributed by atoms with Crippen molar-refractivity contribution in [2.75, 3.05) is 17.3 Å². The predicted octanol–water partition coefficient (Wildman–Crippen LogP) is 3.58. The Labute approximate surface area is 142 Å². The molecule has 0 unspecified atom stereocenters. The molecule has 0 aromatic heterocycles. The van der Waals surface area contributed by atoms with Crippen molar-refractivity contribution in [2.45, 2.75) is 9.79 Å². The predicted molar refractivity (Wildman–Crippen MR) is 93.0 cm³/mol. The quantitative estimate of drug-likeness (QED) is 0.780. The summed E-state index contributed by atoms with van der Waals surface area (Å²) < 4.78 is 24.0. The average molecular weight is 400 g/mol. The first-order valence-corrected chi connectivity index (χ1v) is 10.00. The molecule has 7 heteroatoms. The van der Waals surface area contributed by atoms with Gasteiger partial charge in [-0.15, -0.1) is 11.8 Å². The number of anilines is 1. The van der Waals surface area contributed by atoms with Crippen LogP contribution in [0.25, 0.3) is 0 Å². The van der Waals surface area contributed by atoms with Crippen LogP contribution < -0.4 is 5.32 Å². The molecule has 2 aromatic rings. The van der Waals surface area contributed by atoms with E-state index in [1.54, 1.807) is 12.1 Å². The van der Waals surface area contributed by atoms with E-state index in [2.05, 4.69) is 21.2 Å². The third-order valence-electron chi connectivity index (χ3n) is 2.73. The Kier molecular flexibility index (Phi) is 5.66. The Balaban J connectivity index is 1.96. The maximum atomic E-state index is 11.9. The van der Waals surface area contributed by atoms with Gasteiger partial charge in [0.25, 0.3) is 0 Å². The van der Waals surface area contributed by atoms with Crippen LogP contribution in [0, 0.1) is 0 Å². The van der Waals surface area contributed by atoms with Crippen molar-refractivity contribution >= 4 is 49.1 Å². The van der Waals surface area contributed by atoms with Crippen molar-refractivity contribution in [2.24, 2.45) is 0 Å². The van der Waals surface area contributed by atoms with Crippen molar-refractivity contribution in [1.82, 2.24) is 0 Å². The fourth-order valence-corrected chi connectivity index (χ4v) is 3.31. The zero-order chi connectivity index (χ0) is 16.2. The summed E-state index contributed by atoms with van der Waals surface area (Å²) in [6, 6.07) is 13.9. The van der Waals surface area contributed by atoms with Gasteiger partial charge in [-0.1, -0.05) is 22.0 Å². The van der Waals surface area contributed by atoms with Gasteiger partial charge in [0.15, 0.2) is 9.84 Å². The molecule has 22 heavy (non-hydrogen) atoms. The topological polar surface area (TPSA) is 63.2 Å². The smallest absolute Gasteiger partial charge is 0.234 e. The highest BCUT2D eigenvalue weighted by molar-refractivity contribution is 9.10. The van der Waals surface area contributed by atoms with Crippen LogP contribution in [0.3, 0.4) is 0 Å². The number of hydrogen-bond donors (Lipinski definition) is 1. The summed E-state index contributed by atoms with van der Waals surface area (Å²) in [5.41, 5.74) is 0.476. The Morgan fingerprint density at radius 3 is 2.50 bits per heavy atom. The minimum atomic E-state index is -3.28. The second-order valence-electron chi connectivity index (χ2n) is 4.59. The normalized spacial score (nSPS) is 11.2. The van der Waals surface area contributed by atoms with Crippen molar-refractivity contribution < 1.29 is 13.2 Å². The molecule has 0 saturated carbocycles. The largest absolute Gasteiger partial charge is 0.325 e. The Morgan fingerprint density at radius 2 is 1.86 bits per heavy atom. The van der Waals surface area contributed by atoms with Gasteiger partial charge in [0.2, 0.25) is 5.91 Å². The lowest BCUT2D eigenvalue weighted by molar-refractivity contribution is -0.113. The lowest BCUT2D eigenvalue weighted by Crippen LogP contribution is -2.14. The second-order valence-corrected chi connectivity index (χ2v) is 8.57. The molecule has 0 saturated heterocycles. The van der Waals surface area contributed by atoms with Crippen molar-refractivity contribution in [3.8, 4) is 0 Å². The van der Waals surface area contributed by atoms with E-state index in [0.717, 1.165) is 15.6 Å². The molecule has 0 aliphatic heterocycles. The van der Waals surface area contributed by atoms with Crippen molar-refractivity contribution in [3.05, 3.63) is 53.0 Å². The Bertz CT molecular complexity index is 774. The highest BCUT2D eigenvalue weighted by Crippen LogP contribution is 2.21. The number of rotatable bonds is 5. The van der Waals surface area contributed by atoms with Gasteiger partial charge in [-0.3, -0.25) is 4.79 Å². The summed E-state index contributed by atoms with van der Waals surface area (Å²) >= 11 is 4.77. The molecule has 1 amide bonds. The summed E-state index contributed by atoms with van der Waals surface area (Å²) in [6.45, 7) is 0. The van der Waals surface area contributed by atoms with Crippen molar-refractivity contribution in [3.63, 3.8) is 0 Å². The first-order chi connectivity index (χ1) is 10.3. The lowest BCUT2D eigenvalue weighted by atomic mass is 10.3. The molecule has 1 N–H and O–H groups in total. The third-order valence-corrected chi connectivity index (χ3v) is 5.38. The zero-order valence-corrected chi connectivity index (χ0v) is 15.0. The molecular formula is C15H14BrNO3S2. The van der Waals surface area contributed by atoms with Gasteiger partial charge in [-0.25, -0.2) is 8.42 Å². The van der Waals surface area contributed by atoms with Crippen LogP contribution in [-0.4, -0.2) is 26.3 Å². The molecule has 116 valence electrons. The summed E-state index contributed by atoms with van der Waals surface area (Å²) in [7, 11) is -3.28. The number of thioether (sulfide) groups is 1. The van der Waals surface area contributed by atoms with Gasteiger partial charge in [-0.2, -0.15) is 0 Å². The number of nitrogens with one attached hydrogen (secondary N) is 1. The maximum Gasteiger partial charge on any atom is 0.234 e. The highest BCUT2D eigenvalue weighted by atomic mass is 79.9. The van der Waals surface area contributed by atoms with Crippen LogP contribution in [-0.2, 0) is 14.6 Å². The Morgan fingerprint density at radius 1 is 1.18 bits per heavy atom. The fraction of sp³-hybridized carbons (Fsp3) is 0.133. The van der Waals surface area contributed by atoms with Crippen LogP contribution in [0.2, 0.25) is 0 Å². The molecule has 0 radical (unpaired) electrons. The number of sulfone groups is 1. The first-order valence-electron chi connectivity index (χ1n) is 6.33. The van der Waals surface area contributed by atoms with Gasteiger partial charge in [-0.05, 0) is 42.5 Å². The van der Waals surface area contributed by atoms with Gasteiger partial charge < -0.3 is 5.32 Å². The zero-order valence-electron chi connectivity index (χ0n) is 11.7. The number of carbonyl (C=O) groups is 1. The average Bonchev–Trinajstić information content (AvgIpc) is 2.46. The summed E-state index contributed by atoms with van der Waals surface area (Å²) in [6.07, 6.45) is 1.14. The monoisotopic (exact) mass is 399 g/mol. The summed E-state index contributed by atoms with van der Waals surface area (Å²) in [5.74, 6) is 0.0728. The van der Waals surface area contributed by atoms with E-state index in [4.69, 9.17) is 0 Å². The number of halogens is 1. The van der Waals surface area contributed by atoms with E-state index in [0.29, 0.717) is 5.69 Å². The Hall–Kier alpha value is -1.31. The molecule has 0 aliphatic rings. The van der Waals surface area contributed by atoms with Crippen LogP contribution in [0.15, 0.2) is 62.8 Å². The van der Waals surface area contributed by atoms with E-state index in [1.807, 2.05) is 24.3 Å². The second kappa shape index (κ2) is 7.30. The van der Waals surface area contributed by atoms with Crippen LogP contribution >= 0.6 is 27.7 Å². The summed E-state index contributed by atoms with van der Waals surface area (Å²) in [5, 5.41) is 2.70. The lowest BCUT2D eigenvalue weighted by Gasteiger charge is -2.07. The molecule has 0 bridgehead atoms. The van der Waals surface area contributed by atoms with Gasteiger partial charge in [0.1, 0.15) is 0 Å². The minimum absolute atomic E-state index is 0.182. The number of hydrogen-bond acceptors (Lipinski definition) is 4. The molecule has 0 heterocycles. The molecule has 4 nitrogen and oxygen atoms in total. The van der Waals surface area contributed by atoms with E-state index in [9.17, 15) is 13.2 Å². The van der Waals surface area contributed by atoms with Crippen molar-refractivity contribution in [1.29, 1.82) is 0 Å². The standard InChI is InChI=1S/C15H14BrNO3S2/c1-22(19,20)14-4-2-3-12(9-14)17-15(18)10-21-13-7-5-11(16)6-8-13/h2-9H,10H2,1H3,(H,17,18). The van der Waals surface area contributed by atoms with Gasteiger partial charge in [0.05, 0.1) is 10.6 Å². The van der Waals surface area contributed by atoms with E-state index < -0.39 is 9.84 Å². The van der Waals surface area contributed by atoms with E-state index in [1.165, 1.54) is 23.9 Å². The summed E-state index contributed by atoms with van der Waals surface area (Å²) in [4.78, 5) is 13.1. The SMILES string of the molecule is CS(=O)(=O)c1cccc(NC(=O)CSc2ccc(Br)cc2)c1. The van der Waals surface area contributed by atoms with E-state index in [-0.39, 0.29) is 16.6 Å². The van der Waals surface area contributed by atoms with Gasteiger partial charge in [0, 0.05) is 21.3 Å². The van der Waals surface area contributed by atoms with E-state index >= 15 is 0 Å². The van der Waals surface area contributed by atoms with Gasteiger partial charge >= 0.3 is 0 Å². The maximum absolute atomic E-state index is 11.9. The molecular weight excluding hydrogens is 386 g/mol. The molecule has 2 aromatic carbocycles. The van der Waals surface area contributed by atoms with Crippen LogP contribution in [0.1, 0.15) is 0 Å². The third kappa shape index (κ3) is 5.15. The number of amides is 1. The van der Waals surface area contributed by atoms with Crippen LogP contribution in [0.4, 0.5) is 5.69 Å².